The van der Waals surface area contributed by atoms with Crippen LogP contribution in [0, 0.1) is 11.3 Å². The van der Waals surface area contributed by atoms with E-state index < -0.39 is 0 Å². The van der Waals surface area contributed by atoms with Crippen LogP contribution in [0.5, 0.6) is 0 Å². The van der Waals surface area contributed by atoms with Crippen molar-refractivity contribution in [2.24, 2.45) is 7.05 Å². The predicted octanol–water partition coefficient (Wildman–Crippen LogP) is 2.60. The summed E-state index contributed by atoms with van der Waals surface area (Å²) in [5.41, 5.74) is 0.634. The van der Waals surface area contributed by atoms with Crippen LogP contribution in [0.15, 0.2) is 39.1 Å². The number of halogens is 1. The molecule has 2 rings (SSSR count). The fourth-order valence-electron chi connectivity index (χ4n) is 1.13. The molecule has 0 aliphatic carbocycles. The molecule has 0 bridgehead atoms. The molecule has 1 heterocycles. The number of aryl methyl sites for hydroxylation is 1. The highest BCUT2D eigenvalue weighted by Gasteiger charge is 2.07. The van der Waals surface area contributed by atoms with Crippen molar-refractivity contribution in [3.05, 3.63) is 34.6 Å². The minimum Gasteiger partial charge on any atom is -0.244 e. The fourth-order valence-corrected chi connectivity index (χ4v) is 2.52. The zero-order valence-corrected chi connectivity index (χ0v) is 10.8. The van der Waals surface area contributed by atoms with E-state index in [1.807, 2.05) is 13.1 Å². The molecule has 6 heteroatoms. The molecule has 0 saturated carbocycles. The van der Waals surface area contributed by atoms with E-state index in [1.165, 1.54) is 18.1 Å². The van der Waals surface area contributed by atoms with Crippen LogP contribution >= 0.6 is 27.7 Å². The molecule has 16 heavy (non-hydrogen) atoms. The van der Waals surface area contributed by atoms with Gasteiger partial charge in [0, 0.05) is 16.4 Å². The van der Waals surface area contributed by atoms with E-state index in [2.05, 4.69) is 32.1 Å². The van der Waals surface area contributed by atoms with Gasteiger partial charge in [0.15, 0.2) is 5.16 Å². The first-order valence-corrected chi connectivity index (χ1v) is 6.03. The van der Waals surface area contributed by atoms with Gasteiger partial charge in [-0.2, -0.15) is 10.4 Å². The third-order valence-electron chi connectivity index (χ3n) is 1.93. The lowest BCUT2D eigenvalue weighted by Gasteiger charge is -2.03. The number of rotatable bonds is 2. The molecule has 0 aliphatic rings. The average molecular weight is 295 g/mol. The summed E-state index contributed by atoms with van der Waals surface area (Å²) in [4.78, 5) is 5.13. The maximum absolute atomic E-state index is 8.75. The van der Waals surface area contributed by atoms with E-state index in [-0.39, 0.29) is 0 Å². The van der Waals surface area contributed by atoms with Crippen LogP contribution in [0.4, 0.5) is 0 Å². The molecule has 1 aromatic heterocycles. The van der Waals surface area contributed by atoms with Crippen LogP contribution in [-0.2, 0) is 7.05 Å². The van der Waals surface area contributed by atoms with Crippen molar-refractivity contribution in [3.63, 3.8) is 0 Å². The van der Waals surface area contributed by atoms with Crippen LogP contribution in [0.3, 0.4) is 0 Å². The second-order valence-corrected chi connectivity index (χ2v) is 4.89. The number of benzene rings is 1. The van der Waals surface area contributed by atoms with Gasteiger partial charge in [0.25, 0.3) is 0 Å². The smallest absolute Gasteiger partial charge is 0.190 e. The second-order valence-electron chi connectivity index (χ2n) is 3.03. The number of aromatic nitrogens is 3. The molecule has 0 fully saturated rings. The van der Waals surface area contributed by atoms with Gasteiger partial charge >= 0.3 is 0 Å². The monoisotopic (exact) mass is 294 g/mol. The minimum absolute atomic E-state index is 0.634. The molecule has 0 unspecified atom stereocenters. The average Bonchev–Trinajstić information content (AvgIpc) is 2.67. The van der Waals surface area contributed by atoms with Crippen LogP contribution in [-0.4, -0.2) is 14.8 Å². The van der Waals surface area contributed by atoms with Crippen molar-refractivity contribution < 1.29 is 0 Å². The van der Waals surface area contributed by atoms with Crippen molar-refractivity contribution in [3.8, 4) is 6.07 Å². The van der Waals surface area contributed by atoms with Crippen LogP contribution < -0.4 is 0 Å². The standard InChI is InChI=1S/C10H7BrN4S/c1-15-10(13-6-14-15)16-9-3-2-7(5-12)4-8(9)11/h2-4,6H,1H3. The first kappa shape index (κ1) is 11.2. The number of nitriles is 1. The largest absolute Gasteiger partial charge is 0.244 e. The summed E-state index contributed by atoms with van der Waals surface area (Å²) < 4.78 is 2.59. The molecule has 0 saturated heterocycles. The molecule has 0 amide bonds. The van der Waals surface area contributed by atoms with Crippen molar-refractivity contribution in [2.75, 3.05) is 0 Å². The van der Waals surface area contributed by atoms with E-state index in [0.717, 1.165) is 14.5 Å². The van der Waals surface area contributed by atoms with Gasteiger partial charge in [-0.3, -0.25) is 0 Å². The third kappa shape index (κ3) is 2.26. The van der Waals surface area contributed by atoms with Gasteiger partial charge in [0.05, 0.1) is 11.6 Å². The summed E-state index contributed by atoms with van der Waals surface area (Å²) in [5.74, 6) is 0. The molecule has 0 N–H and O–H groups in total. The number of hydrogen-bond donors (Lipinski definition) is 0. The summed E-state index contributed by atoms with van der Waals surface area (Å²) >= 11 is 4.93. The van der Waals surface area contributed by atoms with Crippen LogP contribution in [0.25, 0.3) is 0 Å². The van der Waals surface area contributed by atoms with E-state index in [9.17, 15) is 0 Å². The molecule has 0 spiro atoms. The van der Waals surface area contributed by atoms with Gasteiger partial charge in [-0.1, -0.05) is 0 Å². The highest BCUT2D eigenvalue weighted by atomic mass is 79.9. The molecule has 4 nitrogen and oxygen atoms in total. The van der Waals surface area contributed by atoms with E-state index in [0.29, 0.717) is 5.56 Å². The van der Waals surface area contributed by atoms with E-state index in [4.69, 9.17) is 5.26 Å². The van der Waals surface area contributed by atoms with Crippen LogP contribution in [0.2, 0.25) is 0 Å². The summed E-state index contributed by atoms with van der Waals surface area (Å²) in [6.45, 7) is 0. The lowest BCUT2D eigenvalue weighted by Crippen LogP contribution is -1.92. The predicted molar refractivity (Wildman–Crippen MR) is 64.0 cm³/mol. The molecule has 0 aliphatic heterocycles. The van der Waals surface area contributed by atoms with Gasteiger partial charge in [-0.05, 0) is 45.9 Å². The third-order valence-corrected chi connectivity index (χ3v) is 3.98. The topological polar surface area (TPSA) is 54.5 Å². The lowest BCUT2D eigenvalue weighted by atomic mass is 10.2. The Balaban J connectivity index is 2.30. The second kappa shape index (κ2) is 4.68. The zero-order chi connectivity index (χ0) is 11.5. The molecule has 0 radical (unpaired) electrons. The Morgan fingerprint density at radius 3 is 2.88 bits per heavy atom. The van der Waals surface area contributed by atoms with Gasteiger partial charge < -0.3 is 0 Å². The number of nitrogens with zero attached hydrogens (tertiary/aromatic N) is 4. The van der Waals surface area contributed by atoms with E-state index in [1.54, 1.807) is 16.8 Å². The van der Waals surface area contributed by atoms with Crippen molar-refractivity contribution in [1.82, 2.24) is 14.8 Å². The Labute approximate surface area is 105 Å². The Morgan fingerprint density at radius 2 is 2.31 bits per heavy atom. The van der Waals surface area contributed by atoms with E-state index >= 15 is 0 Å². The first-order valence-electron chi connectivity index (χ1n) is 4.42. The zero-order valence-electron chi connectivity index (χ0n) is 8.38. The normalized spacial score (nSPS) is 10.1. The van der Waals surface area contributed by atoms with Crippen LogP contribution in [0.1, 0.15) is 5.56 Å². The Kier molecular flexibility index (Phi) is 3.27. The molecule has 80 valence electrons. The molecular formula is C10H7BrN4S. The minimum atomic E-state index is 0.634. The van der Waals surface area contributed by atoms with Gasteiger partial charge in [-0.15, -0.1) is 0 Å². The Bertz CT molecular complexity index is 558. The first-order chi connectivity index (χ1) is 7.70. The number of hydrogen-bond acceptors (Lipinski definition) is 4. The fraction of sp³-hybridized carbons (Fsp3) is 0.100. The molecule has 2 aromatic rings. The maximum Gasteiger partial charge on any atom is 0.190 e. The summed E-state index contributed by atoms with van der Waals surface area (Å²) in [6, 6.07) is 7.56. The Morgan fingerprint density at radius 1 is 1.50 bits per heavy atom. The summed E-state index contributed by atoms with van der Waals surface area (Å²) in [6.07, 6.45) is 1.51. The molecular weight excluding hydrogens is 288 g/mol. The SMILES string of the molecule is Cn1ncnc1Sc1ccc(C#N)cc1Br. The summed E-state index contributed by atoms with van der Waals surface area (Å²) in [5, 5.41) is 13.6. The quantitative estimate of drug-likeness (QED) is 0.854. The lowest BCUT2D eigenvalue weighted by molar-refractivity contribution is 0.685. The van der Waals surface area contributed by atoms with Gasteiger partial charge in [-0.25, -0.2) is 9.67 Å². The van der Waals surface area contributed by atoms with Crippen molar-refractivity contribution >= 4 is 27.7 Å². The highest BCUT2D eigenvalue weighted by molar-refractivity contribution is 9.10. The maximum atomic E-state index is 8.75. The summed E-state index contributed by atoms with van der Waals surface area (Å²) in [7, 11) is 1.84. The Hall–Kier alpha value is -1.32. The van der Waals surface area contributed by atoms with Crippen molar-refractivity contribution in [1.29, 1.82) is 5.26 Å². The molecule has 1 aromatic carbocycles. The van der Waals surface area contributed by atoms with Gasteiger partial charge in [0.1, 0.15) is 6.33 Å². The highest BCUT2D eigenvalue weighted by Crippen LogP contribution is 2.32. The van der Waals surface area contributed by atoms with Crippen molar-refractivity contribution in [2.45, 2.75) is 10.1 Å². The molecule has 0 atom stereocenters. The van der Waals surface area contributed by atoms with Gasteiger partial charge in [0.2, 0.25) is 0 Å².